The van der Waals surface area contributed by atoms with Gasteiger partial charge in [-0.3, -0.25) is 0 Å². The fourth-order valence-corrected chi connectivity index (χ4v) is 2.81. The fraction of sp³-hybridized carbons (Fsp3) is 1.00. The van der Waals surface area contributed by atoms with Gasteiger partial charge in [0.25, 0.3) is 0 Å². The van der Waals surface area contributed by atoms with Crippen LogP contribution in [0.2, 0.25) is 0 Å². The van der Waals surface area contributed by atoms with Crippen molar-refractivity contribution in [2.45, 2.75) is 19.3 Å². The first-order valence-electron chi connectivity index (χ1n) is 5.94. The minimum absolute atomic E-state index is 0.313. The number of aliphatic hydroxyl groups is 1. The maximum absolute atomic E-state index is 8.66. The molecule has 14 heavy (non-hydrogen) atoms. The minimum Gasteiger partial charge on any atom is -0.396 e. The van der Waals surface area contributed by atoms with E-state index in [-0.39, 0.29) is 0 Å². The second kappa shape index (κ2) is 5.10. The van der Waals surface area contributed by atoms with Gasteiger partial charge in [-0.15, -0.1) is 0 Å². The summed E-state index contributed by atoms with van der Waals surface area (Å²) in [6.07, 6.45) is 3.71. The number of rotatable bonds is 5. The summed E-state index contributed by atoms with van der Waals surface area (Å²) in [6.45, 7) is 6.40. The molecule has 3 fully saturated rings. The lowest BCUT2D eigenvalue weighted by Crippen LogP contribution is -2.50. The van der Waals surface area contributed by atoms with Crippen LogP contribution in [0.1, 0.15) is 19.3 Å². The quantitative estimate of drug-likeness (QED) is 0.624. The average molecular weight is 198 g/mol. The average Bonchev–Trinajstić information content (AvgIpc) is 2.26. The molecule has 0 aliphatic carbocycles. The lowest BCUT2D eigenvalue weighted by Gasteiger charge is -2.45. The SMILES string of the molecule is OCCCNCC1CN2CCC1CC2. The topological polar surface area (TPSA) is 35.5 Å². The van der Waals surface area contributed by atoms with Gasteiger partial charge in [-0.25, -0.2) is 0 Å². The van der Waals surface area contributed by atoms with Crippen LogP contribution in [0.25, 0.3) is 0 Å². The molecule has 1 atom stereocenters. The number of hydrogen-bond donors (Lipinski definition) is 2. The summed E-state index contributed by atoms with van der Waals surface area (Å²) in [5.74, 6) is 1.85. The molecule has 2 N–H and O–H groups in total. The van der Waals surface area contributed by atoms with Crippen LogP contribution in [0.5, 0.6) is 0 Å². The highest BCUT2D eigenvalue weighted by Gasteiger charge is 2.33. The van der Waals surface area contributed by atoms with Crippen molar-refractivity contribution >= 4 is 0 Å². The van der Waals surface area contributed by atoms with E-state index in [9.17, 15) is 0 Å². The molecule has 0 aromatic heterocycles. The Balaban J connectivity index is 1.66. The van der Waals surface area contributed by atoms with Gasteiger partial charge in [0.2, 0.25) is 0 Å². The van der Waals surface area contributed by atoms with E-state index in [1.165, 1.54) is 32.5 Å². The summed E-state index contributed by atoms with van der Waals surface area (Å²) in [5.41, 5.74) is 0. The van der Waals surface area contributed by atoms with Crippen molar-refractivity contribution in [2.24, 2.45) is 11.8 Å². The summed E-state index contributed by atoms with van der Waals surface area (Å²) in [7, 11) is 0. The monoisotopic (exact) mass is 198 g/mol. The van der Waals surface area contributed by atoms with Crippen molar-refractivity contribution in [1.29, 1.82) is 0 Å². The highest BCUT2D eigenvalue weighted by molar-refractivity contribution is 4.87. The molecule has 3 aliphatic rings. The lowest BCUT2D eigenvalue weighted by molar-refractivity contribution is 0.0510. The summed E-state index contributed by atoms with van der Waals surface area (Å²) in [5, 5.41) is 12.1. The molecule has 3 heterocycles. The van der Waals surface area contributed by atoms with Crippen LogP contribution in [0, 0.1) is 11.8 Å². The number of nitrogens with one attached hydrogen (secondary N) is 1. The number of nitrogens with zero attached hydrogens (tertiary/aromatic N) is 1. The normalized spacial score (nSPS) is 36.2. The van der Waals surface area contributed by atoms with Crippen LogP contribution < -0.4 is 5.32 Å². The third-order valence-corrected chi connectivity index (χ3v) is 3.71. The Hall–Kier alpha value is -0.120. The van der Waals surface area contributed by atoms with Crippen molar-refractivity contribution in [3.8, 4) is 0 Å². The van der Waals surface area contributed by atoms with Crippen molar-refractivity contribution in [2.75, 3.05) is 39.3 Å². The van der Waals surface area contributed by atoms with E-state index < -0.39 is 0 Å². The molecule has 0 amide bonds. The zero-order valence-electron chi connectivity index (χ0n) is 8.91. The Labute approximate surface area is 86.5 Å². The number of fused-ring (bicyclic) bond motifs is 3. The first-order valence-corrected chi connectivity index (χ1v) is 5.94. The Morgan fingerprint density at radius 3 is 2.64 bits per heavy atom. The summed E-state index contributed by atoms with van der Waals surface area (Å²) in [6, 6.07) is 0. The molecule has 0 radical (unpaired) electrons. The molecule has 0 saturated carbocycles. The highest BCUT2D eigenvalue weighted by atomic mass is 16.3. The van der Waals surface area contributed by atoms with Gasteiger partial charge in [0, 0.05) is 13.2 Å². The van der Waals surface area contributed by atoms with Crippen molar-refractivity contribution < 1.29 is 5.11 Å². The van der Waals surface area contributed by atoms with Crippen molar-refractivity contribution in [3.05, 3.63) is 0 Å². The molecule has 0 spiro atoms. The van der Waals surface area contributed by atoms with Gasteiger partial charge >= 0.3 is 0 Å². The molecule has 3 rings (SSSR count). The Kier molecular flexibility index (Phi) is 3.79. The van der Waals surface area contributed by atoms with E-state index in [1.54, 1.807) is 0 Å². The lowest BCUT2D eigenvalue weighted by atomic mass is 9.79. The number of aliphatic hydroxyl groups excluding tert-OH is 1. The third-order valence-electron chi connectivity index (χ3n) is 3.71. The van der Waals surface area contributed by atoms with Gasteiger partial charge in [0.15, 0.2) is 0 Å². The van der Waals surface area contributed by atoms with Crippen LogP contribution in [0.15, 0.2) is 0 Å². The van der Waals surface area contributed by atoms with Crippen LogP contribution in [0.3, 0.4) is 0 Å². The third kappa shape index (κ3) is 2.47. The summed E-state index contributed by atoms with van der Waals surface area (Å²) >= 11 is 0. The van der Waals surface area contributed by atoms with Crippen LogP contribution >= 0.6 is 0 Å². The molecule has 3 heteroatoms. The van der Waals surface area contributed by atoms with E-state index in [1.807, 2.05) is 0 Å². The van der Waals surface area contributed by atoms with Gasteiger partial charge in [0.1, 0.15) is 0 Å². The molecule has 1 unspecified atom stereocenters. The van der Waals surface area contributed by atoms with E-state index in [0.717, 1.165) is 31.3 Å². The number of hydrogen-bond acceptors (Lipinski definition) is 3. The smallest absolute Gasteiger partial charge is 0.0443 e. The first kappa shape index (κ1) is 10.4. The fourth-order valence-electron chi connectivity index (χ4n) is 2.81. The van der Waals surface area contributed by atoms with Gasteiger partial charge in [-0.1, -0.05) is 0 Å². The molecule has 3 nitrogen and oxygen atoms in total. The molecule has 2 bridgehead atoms. The standard InChI is InChI=1S/C11H22N2O/c14-7-1-4-12-8-11-9-13-5-2-10(11)3-6-13/h10-12,14H,1-9H2. The zero-order chi connectivity index (χ0) is 9.80. The van der Waals surface area contributed by atoms with E-state index in [0.29, 0.717) is 6.61 Å². The molecule has 3 saturated heterocycles. The van der Waals surface area contributed by atoms with Gasteiger partial charge in [-0.2, -0.15) is 0 Å². The Morgan fingerprint density at radius 2 is 2.07 bits per heavy atom. The second-order valence-electron chi connectivity index (χ2n) is 4.68. The molecular weight excluding hydrogens is 176 g/mol. The molecular formula is C11H22N2O. The maximum atomic E-state index is 8.66. The van der Waals surface area contributed by atoms with Crippen LogP contribution in [-0.2, 0) is 0 Å². The predicted octanol–water partition coefficient (Wildman–Crippen LogP) is 0.300. The Bertz CT molecular complexity index is 167. The molecule has 0 aromatic rings. The first-order chi connectivity index (χ1) is 6.90. The van der Waals surface area contributed by atoms with Crippen LogP contribution in [0.4, 0.5) is 0 Å². The minimum atomic E-state index is 0.313. The van der Waals surface area contributed by atoms with E-state index >= 15 is 0 Å². The van der Waals surface area contributed by atoms with Crippen LogP contribution in [-0.4, -0.2) is 49.3 Å². The van der Waals surface area contributed by atoms with Crippen molar-refractivity contribution in [1.82, 2.24) is 10.2 Å². The summed E-state index contributed by atoms with van der Waals surface area (Å²) < 4.78 is 0. The zero-order valence-corrected chi connectivity index (χ0v) is 8.91. The van der Waals surface area contributed by atoms with E-state index in [4.69, 9.17) is 5.11 Å². The molecule has 82 valence electrons. The predicted molar refractivity (Wildman–Crippen MR) is 57.2 cm³/mol. The van der Waals surface area contributed by atoms with Gasteiger partial charge < -0.3 is 15.3 Å². The maximum Gasteiger partial charge on any atom is 0.0443 e. The number of piperidine rings is 3. The van der Waals surface area contributed by atoms with Gasteiger partial charge in [-0.05, 0) is 57.3 Å². The molecule has 3 aliphatic heterocycles. The Morgan fingerprint density at radius 1 is 1.29 bits per heavy atom. The highest BCUT2D eigenvalue weighted by Crippen LogP contribution is 2.31. The van der Waals surface area contributed by atoms with E-state index in [2.05, 4.69) is 10.2 Å². The second-order valence-corrected chi connectivity index (χ2v) is 4.68. The van der Waals surface area contributed by atoms with Crippen molar-refractivity contribution in [3.63, 3.8) is 0 Å². The summed E-state index contributed by atoms with van der Waals surface area (Å²) in [4.78, 5) is 2.60. The molecule has 0 aromatic carbocycles. The van der Waals surface area contributed by atoms with Gasteiger partial charge in [0.05, 0.1) is 0 Å². The largest absolute Gasteiger partial charge is 0.396 e.